The van der Waals surface area contributed by atoms with Crippen LogP contribution in [0.15, 0.2) is 0 Å². The third kappa shape index (κ3) is 3.13. The van der Waals surface area contributed by atoms with E-state index in [1.165, 1.54) is 21.3 Å². The second-order valence-corrected chi connectivity index (χ2v) is 4.48. The fraction of sp³-hybridized carbons (Fsp3) is 0.533. The number of hydrogen-bond donors (Lipinski definition) is 0. The molecule has 22 heavy (non-hydrogen) atoms. The van der Waals surface area contributed by atoms with Gasteiger partial charge in [0.05, 0.1) is 33.3 Å². The van der Waals surface area contributed by atoms with Crippen molar-refractivity contribution < 1.29 is 28.6 Å². The summed E-state index contributed by atoms with van der Waals surface area (Å²) in [5.74, 6) is -1.75. The Bertz CT molecular complexity index is 546. The highest BCUT2D eigenvalue weighted by Crippen LogP contribution is 2.27. The van der Waals surface area contributed by atoms with E-state index < -0.39 is 17.9 Å². The van der Waals surface area contributed by atoms with Crippen LogP contribution in [0.1, 0.15) is 46.0 Å². The Morgan fingerprint density at radius 2 is 1.55 bits per heavy atom. The van der Waals surface area contributed by atoms with Crippen LogP contribution in [0.25, 0.3) is 0 Å². The number of nitrogens with zero attached hydrogens (tertiary/aromatic N) is 1. The Labute approximate surface area is 129 Å². The minimum absolute atomic E-state index is 0.188. The van der Waals surface area contributed by atoms with Crippen molar-refractivity contribution in [2.45, 2.75) is 33.2 Å². The number of methoxy groups -OCH3 is 3. The maximum Gasteiger partial charge on any atom is 0.355 e. The van der Waals surface area contributed by atoms with Crippen LogP contribution in [0.2, 0.25) is 0 Å². The Morgan fingerprint density at radius 1 is 0.955 bits per heavy atom. The molecular formula is C15H21NO6. The molecule has 0 aliphatic rings. The average Bonchev–Trinajstić information content (AvgIpc) is 2.85. The highest BCUT2D eigenvalue weighted by atomic mass is 16.5. The number of esters is 3. The molecule has 0 saturated heterocycles. The van der Waals surface area contributed by atoms with Crippen molar-refractivity contribution in [2.75, 3.05) is 21.3 Å². The topological polar surface area (TPSA) is 83.8 Å². The Morgan fingerprint density at radius 3 is 1.95 bits per heavy atom. The number of carbonyl (C=O) groups is 3. The quantitative estimate of drug-likeness (QED) is 0.582. The third-order valence-electron chi connectivity index (χ3n) is 3.44. The van der Waals surface area contributed by atoms with Gasteiger partial charge in [0, 0.05) is 17.8 Å². The molecule has 0 saturated carbocycles. The normalized spacial score (nSPS) is 10.2. The summed E-state index contributed by atoms with van der Waals surface area (Å²) in [6.07, 6.45) is 0.300. The van der Waals surface area contributed by atoms with E-state index in [1.54, 1.807) is 4.57 Å². The minimum atomic E-state index is -0.606. The molecule has 0 unspecified atom stereocenters. The maximum absolute atomic E-state index is 12.1. The van der Waals surface area contributed by atoms with E-state index in [4.69, 9.17) is 9.47 Å². The fourth-order valence-corrected chi connectivity index (χ4v) is 2.50. The van der Waals surface area contributed by atoms with Gasteiger partial charge in [-0.2, -0.15) is 0 Å². The molecule has 1 heterocycles. The second kappa shape index (κ2) is 7.63. The van der Waals surface area contributed by atoms with Gasteiger partial charge < -0.3 is 18.8 Å². The van der Waals surface area contributed by atoms with Crippen molar-refractivity contribution in [1.82, 2.24) is 4.57 Å². The van der Waals surface area contributed by atoms with Crippen LogP contribution in [-0.4, -0.2) is 43.8 Å². The molecule has 0 atom stereocenters. The molecule has 0 aliphatic heterocycles. The fourth-order valence-electron chi connectivity index (χ4n) is 2.50. The first-order chi connectivity index (χ1) is 10.5. The van der Waals surface area contributed by atoms with Crippen LogP contribution in [0, 0.1) is 0 Å². The smallest absolute Gasteiger partial charge is 0.355 e. The van der Waals surface area contributed by atoms with Gasteiger partial charge in [0.15, 0.2) is 0 Å². The summed E-state index contributed by atoms with van der Waals surface area (Å²) in [5.41, 5.74) is 1.34. The van der Waals surface area contributed by atoms with Gasteiger partial charge in [-0.15, -0.1) is 0 Å². The number of hydrogen-bond acceptors (Lipinski definition) is 6. The summed E-state index contributed by atoms with van der Waals surface area (Å²) in [7, 11) is 3.75. The Hall–Kier alpha value is -2.31. The van der Waals surface area contributed by atoms with Gasteiger partial charge in [-0.3, -0.25) is 4.79 Å². The SMILES string of the molecule is CCc1c(C(=O)OC)c(CC(=O)OC)c(C(=O)OC)n1CC. The first kappa shape index (κ1) is 17.7. The highest BCUT2D eigenvalue weighted by Gasteiger charge is 2.31. The van der Waals surface area contributed by atoms with Gasteiger partial charge in [0.25, 0.3) is 0 Å². The molecule has 0 fully saturated rings. The average molecular weight is 311 g/mol. The zero-order chi connectivity index (χ0) is 16.9. The maximum atomic E-state index is 12.1. The lowest BCUT2D eigenvalue weighted by molar-refractivity contribution is -0.139. The van der Waals surface area contributed by atoms with Crippen LogP contribution in [0.3, 0.4) is 0 Å². The van der Waals surface area contributed by atoms with Crippen molar-refractivity contribution in [3.05, 3.63) is 22.5 Å². The number of aromatic nitrogens is 1. The summed E-state index contributed by atoms with van der Waals surface area (Å²) in [5, 5.41) is 0. The molecule has 122 valence electrons. The van der Waals surface area contributed by atoms with Gasteiger partial charge in [0.2, 0.25) is 0 Å². The van der Waals surface area contributed by atoms with Crippen molar-refractivity contribution in [3.63, 3.8) is 0 Å². The zero-order valence-electron chi connectivity index (χ0n) is 13.5. The van der Waals surface area contributed by atoms with Crippen molar-refractivity contribution in [1.29, 1.82) is 0 Å². The molecule has 0 aromatic carbocycles. The summed E-state index contributed by atoms with van der Waals surface area (Å²) in [6.45, 7) is 4.16. The molecule has 0 amide bonds. The van der Waals surface area contributed by atoms with Crippen LogP contribution >= 0.6 is 0 Å². The van der Waals surface area contributed by atoms with E-state index in [0.717, 1.165) is 0 Å². The predicted octanol–water partition coefficient (Wildman–Crippen LogP) is 1.36. The molecule has 0 radical (unpaired) electrons. The first-order valence-corrected chi connectivity index (χ1v) is 6.94. The summed E-state index contributed by atoms with van der Waals surface area (Å²) in [4.78, 5) is 35.9. The number of rotatable bonds is 6. The molecule has 1 rings (SSSR count). The molecule has 0 aliphatic carbocycles. The first-order valence-electron chi connectivity index (χ1n) is 6.94. The summed E-state index contributed by atoms with van der Waals surface area (Å²) < 4.78 is 15.9. The van der Waals surface area contributed by atoms with E-state index in [2.05, 4.69) is 4.74 Å². The highest BCUT2D eigenvalue weighted by molar-refractivity contribution is 6.00. The lowest BCUT2D eigenvalue weighted by atomic mass is 10.0. The number of ether oxygens (including phenoxy) is 3. The van der Waals surface area contributed by atoms with E-state index >= 15 is 0 Å². The van der Waals surface area contributed by atoms with E-state index in [9.17, 15) is 14.4 Å². The van der Waals surface area contributed by atoms with Gasteiger partial charge in [0.1, 0.15) is 5.69 Å². The van der Waals surface area contributed by atoms with Crippen molar-refractivity contribution >= 4 is 17.9 Å². The van der Waals surface area contributed by atoms with E-state index in [1.807, 2.05) is 13.8 Å². The molecule has 0 N–H and O–H groups in total. The minimum Gasteiger partial charge on any atom is -0.469 e. The van der Waals surface area contributed by atoms with E-state index in [0.29, 0.717) is 18.7 Å². The zero-order valence-corrected chi connectivity index (χ0v) is 13.5. The van der Waals surface area contributed by atoms with E-state index in [-0.39, 0.29) is 23.2 Å². The van der Waals surface area contributed by atoms with Gasteiger partial charge in [-0.1, -0.05) is 6.92 Å². The van der Waals surface area contributed by atoms with Gasteiger partial charge in [-0.05, 0) is 13.3 Å². The number of carbonyl (C=O) groups excluding carboxylic acids is 3. The molecule has 0 bridgehead atoms. The summed E-state index contributed by atoms with van der Waals surface area (Å²) in [6, 6.07) is 0. The molecule has 7 heteroatoms. The van der Waals surface area contributed by atoms with Crippen LogP contribution in [-0.2, 0) is 38.4 Å². The molecule has 1 aromatic heterocycles. The lowest BCUT2D eigenvalue weighted by Gasteiger charge is -2.09. The molecule has 7 nitrogen and oxygen atoms in total. The molecular weight excluding hydrogens is 290 g/mol. The Balaban J connectivity index is 3.70. The van der Waals surface area contributed by atoms with Crippen LogP contribution in [0.5, 0.6) is 0 Å². The van der Waals surface area contributed by atoms with Crippen molar-refractivity contribution in [2.24, 2.45) is 0 Å². The van der Waals surface area contributed by atoms with Crippen LogP contribution < -0.4 is 0 Å². The monoisotopic (exact) mass is 311 g/mol. The molecule has 1 aromatic rings. The summed E-state index contributed by atoms with van der Waals surface area (Å²) >= 11 is 0. The standard InChI is InChI=1S/C15H21NO6/c1-6-10-12(14(18)21-4)9(8-11(17)20-3)13(15(19)22-5)16(10)7-2/h6-8H2,1-5H3. The largest absolute Gasteiger partial charge is 0.469 e. The second-order valence-electron chi connectivity index (χ2n) is 4.48. The van der Waals surface area contributed by atoms with Gasteiger partial charge in [-0.25, -0.2) is 9.59 Å². The van der Waals surface area contributed by atoms with Crippen molar-refractivity contribution in [3.8, 4) is 0 Å². The molecule has 0 spiro atoms. The van der Waals surface area contributed by atoms with Gasteiger partial charge >= 0.3 is 17.9 Å². The predicted molar refractivity (Wildman–Crippen MR) is 77.9 cm³/mol. The third-order valence-corrected chi connectivity index (χ3v) is 3.44. The lowest BCUT2D eigenvalue weighted by Crippen LogP contribution is -2.16. The Kier molecular flexibility index (Phi) is 6.15. The van der Waals surface area contributed by atoms with Crippen LogP contribution in [0.4, 0.5) is 0 Å².